The maximum atomic E-state index is 6.12. The number of hydrogen-bond donors (Lipinski definition) is 0. The molecule has 0 heterocycles. The highest BCUT2D eigenvalue weighted by atomic mass is 35.5. The van der Waals surface area contributed by atoms with Crippen molar-refractivity contribution >= 4 is 11.6 Å². The molecule has 3 unspecified atom stereocenters. The monoisotopic (exact) mass is 270 g/mol. The van der Waals surface area contributed by atoms with Crippen molar-refractivity contribution in [1.82, 2.24) is 0 Å². The molecule has 4 heteroatoms. The first-order chi connectivity index (χ1) is 8.76. The van der Waals surface area contributed by atoms with Gasteiger partial charge in [-0.15, -0.1) is 11.6 Å². The zero-order valence-corrected chi connectivity index (χ0v) is 11.5. The van der Waals surface area contributed by atoms with Gasteiger partial charge in [-0.05, 0) is 26.0 Å². The van der Waals surface area contributed by atoms with E-state index in [1.165, 1.54) is 0 Å². The van der Waals surface area contributed by atoms with Gasteiger partial charge >= 0.3 is 0 Å². The SMILES string of the molecule is CCOc1ccccc1OC1CC(Cl)C1OCC. The van der Waals surface area contributed by atoms with Gasteiger partial charge in [-0.1, -0.05) is 12.1 Å². The van der Waals surface area contributed by atoms with Crippen LogP contribution >= 0.6 is 11.6 Å². The first kappa shape index (κ1) is 13.5. The van der Waals surface area contributed by atoms with Gasteiger partial charge in [-0.25, -0.2) is 0 Å². The number of benzene rings is 1. The van der Waals surface area contributed by atoms with Crippen LogP contribution < -0.4 is 9.47 Å². The molecule has 1 aliphatic carbocycles. The molecule has 0 saturated heterocycles. The van der Waals surface area contributed by atoms with Crippen molar-refractivity contribution in [1.29, 1.82) is 0 Å². The number of alkyl halides is 1. The molecule has 1 fully saturated rings. The Bertz CT molecular complexity index is 383. The number of halogens is 1. The molecule has 1 aliphatic rings. The second-order valence-electron chi connectivity index (χ2n) is 4.21. The lowest BCUT2D eigenvalue weighted by Crippen LogP contribution is -2.52. The summed E-state index contributed by atoms with van der Waals surface area (Å²) in [5.41, 5.74) is 0. The maximum Gasteiger partial charge on any atom is 0.161 e. The van der Waals surface area contributed by atoms with Crippen LogP contribution in [0.4, 0.5) is 0 Å². The van der Waals surface area contributed by atoms with Crippen molar-refractivity contribution < 1.29 is 14.2 Å². The van der Waals surface area contributed by atoms with Crippen molar-refractivity contribution in [2.75, 3.05) is 13.2 Å². The first-order valence-corrected chi connectivity index (χ1v) is 6.84. The number of para-hydroxylation sites is 2. The molecule has 1 saturated carbocycles. The van der Waals surface area contributed by atoms with Crippen LogP contribution in [0.3, 0.4) is 0 Å². The molecule has 100 valence electrons. The zero-order chi connectivity index (χ0) is 13.0. The number of hydrogen-bond acceptors (Lipinski definition) is 3. The van der Waals surface area contributed by atoms with E-state index >= 15 is 0 Å². The third-order valence-electron chi connectivity index (χ3n) is 2.97. The lowest BCUT2D eigenvalue weighted by molar-refractivity contribution is -0.0766. The van der Waals surface area contributed by atoms with E-state index in [1.54, 1.807) is 0 Å². The Labute approximate surface area is 113 Å². The molecule has 3 nitrogen and oxygen atoms in total. The zero-order valence-electron chi connectivity index (χ0n) is 10.8. The fourth-order valence-corrected chi connectivity index (χ4v) is 2.44. The summed E-state index contributed by atoms with van der Waals surface area (Å²) in [4.78, 5) is 0. The van der Waals surface area contributed by atoms with Crippen molar-refractivity contribution in [2.45, 2.75) is 37.9 Å². The Morgan fingerprint density at radius 3 is 2.50 bits per heavy atom. The summed E-state index contributed by atoms with van der Waals surface area (Å²) in [7, 11) is 0. The molecule has 0 aromatic heterocycles. The van der Waals surface area contributed by atoms with Crippen LogP contribution in [0.2, 0.25) is 0 Å². The van der Waals surface area contributed by atoms with Crippen LogP contribution in [0.25, 0.3) is 0 Å². The average molecular weight is 271 g/mol. The predicted octanol–water partition coefficient (Wildman–Crippen LogP) is 3.25. The minimum Gasteiger partial charge on any atom is -0.490 e. The van der Waals surface area contributed by atoms with Crippen LogP contribution in [0.15, 0.2) is 24.3 Å². The smallest absolute Gasteiger partial charge is 0.161 e. The lowest BCUT2D eigenvalue weighted by atomic mass is 9.91. The summed E-state index contributed by atoms with van der Waals surface area (Å²) in [5, 5.41) is 0.0502. The van der Waals surface area contributed by atoms with Crippen molar-refractivity contribution in [3.8, 4) is 11.5 Å². The van der Waals surface area contributed by atoms with Gasteiger partial charge in [0.2, 0.25) is 0 Å². The van der Waals surface area contributed by atoms with Gasteiger partial charge in [-0.2, -0.15) is 0 Å². The van der Waals surface area contributed by atoms with E-state index in [0.717, 1.165) is 17.9 Å². The predicted molar refractivity (Wildman–Crippen MR) is 71.7 cm³/mol. The van der Waals surface area contributed by atoms with Gasteiger partial charge in [0, 0.05) is 13.0 Å². The second-order valence-corrected chi connectivity index (χ2v) is 4.77. The lowest BCUT2D eigenvalue weighted by Gasteiger charge is -2.40. The average Bonchev–Trinajstić information content (AvgIpc) is 2.38. The van der Waals surface area contributed by atoms with E-state index < -0.39 is 0 Å². The molecule has 0 bridgehead atoms. The molecule has 2 rings (SSSR count). The molecule has 3 atom stereocenters. The van der Waals surface area contributed by atoms with E-state index in [9.17, 15) is 0 Å². The Morgan fingerprint density at radius 1 is 1.17 bits per heavy atom. The van der Waals surface area contributed by atoms with Gasteiger partial charge in [0.25, 0.3) is 0 Å². The maximum absolute atomic E-state index is 6.12. The molecule has 0 radical (unpaired) electrons. The molecular weight excluding hydrogens is 252 g/mol. The summed E-state index contributed by atoms with van der Waals surface area (Å²) in [5.74, 6) is 1.53. The molecule has 1 aromatic carbocycles. The largest absolute Gasteiger partial charge is 0.490 e. The first-order valence-electron chi connectivity index (χ1n) is 6.40. The molecular formula is C14H19ClO3. The Morgan fingerprint density at radius 2 is 1.89 bits per heavy atom. The molecule has 0 aliphatic heterocycles. The van der Waals surface area contributed by atoms with Gasteiger partial charge in [0.1, 0.15) is 12.2 Å². The van der Waals surface area contributed by atoms with Gasteiger partial charge in [0.05, 0.1) is 12.0 Å². The fourth-order valence-electron chi connectivity index (χ4n) is 2.03. The van der Waals surface area contributed by atoms with E-state index in [2.05, 4.69) is 0 Å². The normalized spacial score (nSPS) is 26.5. The molecule has 18 heavy (non-hydrogen) atoms. The van der Waals surface area contributed by atoms with Crippen LogP contribution in [-0.2, 0) is 4.74 Å². The van der Waals surface area contributed by atoms with E-state index in [1.807, 2.05) is 38.1 Å². The molecule has 0 spiro atoms. The second kappa shape index (κ2) is 6.30. The highest BCUT2D eigenvalue weighted by molar-refractivity contribution is 6.21. The summed E-state index contributed by atoms with van der Waals surface area (Å²) < 4.78 is 17.0. The van der Waals surface area contributed by atoms with E-state index in [-0.39, 0.29) is 17.6 Å². The van der Waals surface area contributed by atoms with Crippen LogP contribution in [-0.4, -0.2) is 30.8 Å². The third-order valence-corrected chi connectivity index (χ3v) is 3.39. The van der Waals surface area contributed by atoms with Crippen LogP contribution in [0, 0.1) is 0 Å². The Kier molecular flexibility index (Phi) is 4.72. The summed E-state index contributed by atoms with van der Waals surface area (Å²) in [6, 6.07) is 7.69. The van der Waals surface area contributed by atoms with Crippen molar-refractivity contribution in [3.05, 3.63) is 24.3 Å². The summed E-state index contributed by atoms with van der Waals surface area (Å²) in [6.07, 6.45) is 0.813. The van der Waals surface area contributed by atoms with Crippen molar-refractivity contribution in [3.63, 3.8) is 0 Å². The van der Waals surface area contributed by atoms with Gasteiger partial charge in [0.15, 0.2) is 11.5 Å². The molecule has 0 N–H and O–H groups in total. The Balaban J connectivity index is 2.01. The third kappa shape index (κ3) is 2.90. The molecule has 0 amide bonds. The van der Waals surface area contributed by atoms with Gasteiger partial charge < -0.3 is 14.2 Å². The highest BCUT2D eigenvalue weighted by Crippen LogP contribution is 2.36. The quantitative estimate of drug-likeness (QED) is 0.743. The Hall–Kier alpha value is -0.930. The number of rotatable bonds is 6. The highest BCUT2D eigenvalue weighted by Gasteiger charge is 2.42. The summed E-state index contributed by atoms with van der Waals surface area (Å²) in [6.45, 7) is 5.20. The van der Waals surface area contributed by atoms with Crippen molar-refractivity contribution in [2.24, 2.45) is 0 Å². The number of ether oxygens (including phenoxy) is 3. The van der Waals surface area contributed by atoms with Gasteiger partial charge in [-0.3, -0.25) is 0 Å². The fraction of sp³-hybridized carbons (Fsp3) is 0.571. The van der Waals surface area contributed by atoms with Crippen LogP contribution in [0.1, 0.15) is 20.3 Å². The molecule has 1 aromatic rings. The van der Waals surface area contributed by atoms with E-state index in [0.29, 0.717) is 13.2 Å². The minimum atomic E-state index is -0.0219. The minimum absolute atomic E-state index is 0.0219. The van der Waals surface area contributed by atoms with Crippen LogP contribution in [0.5, 0.6) is 11.5 Å². The standard InChI is InChI=1S/C14H19ClO3/c1-3-16-11-7-5-6-8-12(11)18-13-9-10(15)14(13)17-4-2/h5-8,10,13-14H,3-4,9H2,1-2H3. The summed E-state index contributed by atoms with van der Waals surface area (Å²) >= 11 is 6.12. The topological polar surface area (TPSA) is 27.7 Å². The van der Waals surface area contributed by atoms with E-state index in [4.69, 9.17) is 25.8 Å².